The molecule has 20 heavy (non-hydrogen) atoms. The second-order valence-corrected chi connectivity index (χ2v) is 5.69. The number of aryl methyl sites for hydroxylation is 1. The highest BCUT2D eigenvalue weighted by atomic mass is 16.5. The molecule has 4 nitrogen and oxygen atoms in total. The highest BCUT2D eigenvalue weighted by molar-refractivity contribution is 5.43. The normalized spacial score (nSPS) is 19.4. The molecule has 0 aliphatic carbocycles. The maximum absolute atomic E-state index is 5.82. The van der Waals surface area contributed by atoms with Gasteiger partial charge < -0.3 is 15.4 Å². The fraction of sp³-hybridized carbons (Fsp3) is 0.688. The van der Waals surface area contributed by atoms with Crippen molar-refractivity contribution in [1.29, 1.82) is 0 Å². The lowest BCUT2D eigenvalue weighted by atomic mass is 9.99. The van der Waals surface area contributed by atoms with Crippen LogP contribution in [0, 0.1) is 5.92 Å². The van der Waals surface area contributed by atoms with Crippen LogP contribution in [0.5, 0.6) is 0 Å². The molecule has 2 rings (SSSR count). The van der Waals surface area contributed by atoms with E-state index >= 15 is 0 Å². The van der Waals surface area contributed by atoms with Crippen LogP contribution < -0.4 is 10.6 Å². The van der Waals surface area contributed by atoms with E-state index in [4.69, 9.17) is 15.5 Å². The van der Waals surface area contributed by atoms with Gasteiger partial charge >= 0.3 is 0 Å². The molecule has 0 radical (unpaired) electrons. The van der Waals surface area contributed by atoms with Crippen molar-refractivity contribution >= 4 is 5.82 Å². The van der Waals surface area contributed by atoms with Gasteiger partial charge in [0.05, 0.1) is 6.61 Å². The molecule has 4 heteroatoms. The Labute approximate surface area is 122 Å². The molecular weight excluding hydrogens is 250 g/mol. The average Bonchev–Trinajstić information content (AvgIpc) is 2.48. The van der Waals surface area contributed by atoms with Crippen LogP contribution in [-0.2, 0) is 17.7 Å². The van der Waals surface area contributed by atoms with E-state index in [-0.39, 0.29) is 0 Å². The highest BCUT2D eigenvalue weighted by Gasteiger charge is 2.21. The first-order valence-corrected chi connectivity index (χ1v) is 7.70. The van der Waals surface area contributed by atoms with Gasteiger partial charge in [0.1, 0.15) is 5.82 Å². The van der Waals surface area contributed by atoms with E-state index in [0.717, 1.165) is 38.4 Å². The third-order valence-corrected chi connectivity index (χ3v) is 3.91. The molecule has 0 amide bonds. The molecular formula is C16H27N3O. The molecule has 1 fully saturated rings. The van der Waals surface area contributed by atoms with Crippen molar-refractivity contribution in [3.05, 3.63) is 23.4 Å². The molecule has 2 heterocycles. The predicted molar refractivity (Wildman–Crippen MR) is 82.9 cm³/mol. The first kappa shape index (κ1) is 15.3. The van der Waals surface area contributed by atoms with E-state index in [2.05, 4.69) is 24.0 Å². The molecule has 2 N–H and O–H groups in total. The molecule has 1 unspecified atom stereocenters. The first-order chi connectivity index (χ1) is 9.76. The number of rotatable bonds is 6. The molecule has 0 spiro atoms. The molecule has 1 saturated heterocycles. The molecule has 1 aliphatic heterocycles. The number of nitrogens with zero attached hydrogens (tertiary/aromatic N) is 2. The largest absolute Gasteiger partial charge is 0.384 e. The summed E-state index contributed by atoms with van der Waals surface area (Å²) in [5.74, 6) is 1.71. The van der Waals surface area contributed by atoms with Gasteiger partial charge in [0.15, 0.2) is 0 Å². The Morgan fingerprint density at radius 3 is 3.00 bits per heavy atom. The Morgan fingerprint density at radius 1 is 1.45 bits per heavy atom. The zero-order valence-corrected chi connectivity index (χ0v) is 12.8. The summed E-state index contributed by atoms with van der Waals surface area (Å²) in [6.07, 6.45) is 4.61. The number of nitrogens with two attached hydrogens (primary N) is 1. The molecule has 0 saturated carbocycles. The highest BCUT2D eigenvalue weighted by Crippen LogP contribution is 2.23. The maximum atomic E-state index is 5.82. The summed E-state index contributed by atoms with van der Waals surface area (Å²) in [7, 11) is 1.78. The Morgan fingerprint density at radius 2 is 2.30 bits per heavy atom. The van der Waals surface area contributed by atoms with E-state index in [1.165, 1.54) is 24.1 Å². The lowest BCUT2D eigenvalue weighted by molar-refractivity contribution is 0.143. The number of hydrogen-bond acceptors (Lipinski definition) is 4. The number of anilines is 1. The summed E-state index contributed by atoms with van der Waals surface area (Å²) in [4.78, 5) is 7.21. The zero-order valence-electron chi connectivity index (χ0n) is 12.8. The van der Waals surface area contributed by atoms with Gasteiger partial charge in [0.25, 0.3) is 0 Å². The molecule has 0 bridgehead atoms. The van der Waals surface area contributed by atoms with E-state index in [9.17, 15) is 0 Å². The lowest BCUT2D eigenvalue weighted by Gasteiger charge is -2.33. The van der Waals surface area contributed by atoms with E-state index in [1.54, 1.807) is 7.11 Å². The molecule has 0 aromatic carbocycles. The van der Waals surface area contributed by atoms with Crippen LogP contribution in [0.4, 0.5) is 5.82 Å². The lowest BCUT2D eigenvalue weighted by Crippen LogP contribution is -2.37. The topological polar surface area (TPSA) is 51.4 Å². The molecule has 1 aromatic heterocycles. The van der Waals surface area contributed by atoms with Crippen LogP contribution in [0.3, 0.4) is 0 Å². The molecule has 112 valence electrons. The van der Waals surface area contributed by atoms with E-state index in [1.807, 2.05) is 0 Å². The summed E-state index contributed by atoms with van der Waals surface area (Å²) in [6, 6.07) is 4.29. The van der Waals surface area contributed by atoms with Crippen molar-refractivity contribution in [3.8, 4) is 0 Å². The molecule has 1 aliphatic rings. The smallest absolute Gasteiger partial charge is 0.129 e. The van der Waals surface area contributed by atoms with Gasteiger partial charge in [-0.25, -0.2) is 4.98 Å². The van der Waals surface area contributed by atoms with Crippen molar-refractivity contribution in [1.82, 2.24) is 4.98 Å². The standard InChI is InChI=1S/C16H27N3O/c1-3-5-15-8-14(10-17)9-16(18-15)19-7-4-6-13(11-19)12-20-2/h8-9,13H,3-7,10-12,17H2,1-2H3. The number of piperidine rings is 1. The van der Waals surface area contributed by atoms with Gasteiger partial charge in [0, 0.05) is 32.4 Å². The van der Waals surface area contributed by atoms with Gasteiger partial charge in [-0.1, -0.05) is 13.3 Å². The van der Waals surface area contributed by atoms with Crippen LogP contribution in [0.1, 0.15) is 37.4 Å². The summed E-state index contributed by atoms with van der Waals surface area (Å²) >= 11 is 0. The van der Waals surface area contributed by atoms with Crippen molar-refractivity contribution in [2.45, 2.75) is 39.2 Å². The maximum Gasteiger partial charge on any atom is 0.129 e. The van der Waals surface area contributed by atoms with Gasteiger partial charge in [-0.2, -0.15) is 0 Å². The van der Waals surface area contributed by atoms with Gasteiger partial charge in [-0.15, -0.1) is 0 Å². The minimum absolute atomic E-state index is 0.585. The second kappa shape index (κ2) is 7.60. The zero-order chi connectivity index (χ0) is 14.4. The van der Waals surface area contributed by atoms with Gasteiger partial charge in [0.2, 0.25) is 0 Å². The van der Waals surface area contributed by atoms with Gasteiger partial charge in [-0.05, 0) is 42.9 Å². The number of pyridine rings is 1. The van der Waals surface area contributed by atoms with Gasteiger partial charge in [-0.3, -0.25) is 0 Å². The summed E-state index contributed by atoms with van der Waals surface area (Å²) in [6.45, 7) is 5.75. The van der Waals surface area contributed by atoms with Crippen LogP contribution in [0.25, 0.3) is 0 Å². The Bertz CT molecular complexity index is 420. The first-order valence-electron chi connectivity index (χ1n) is 7.70. The minimum Gasteiger partial charge on any atom is -0.384 e. The quantitative estimate of drug-likeness (QED) is 0.867. The fourth-order valence-corrected chi connectivity index (χ4v) is 2.94. The monoisotopic (exact) mass is 277 g/mol. The van der Waals surface area contributed by atoms with Crippen LogP contribution >= 0.6 is 0 Å². The van der Waals surface area contributed by atoms with E-state index < -0.39 is 0 Å². The van der Waals surface area contributed by atoms with Crippen LogP contribution in [-0.4, -0.2) is 31.8 Å². The van der Waals surface area contributed by atoms with Crippen LogP contribution in [0.2, 0.25) is 0 Å². The third kappa shape index (κ3) is 3.93. The fourth-order valence-electron chi connectivity index (χ4n) is 2.94. The Balaban J connectivity index is 2.15. The number of aromatic nitrogens is 1. The Kier molecular flexibility index (Phi) is 5.80. The third-order valence-electron chi connectivity index (χ3n) is 3.91. The molecule has 1 aromatic rings. The van der Waals surface area contributed by atoms with Crippen molar-refractivity contribution in [2.75, 3.05) is 31.7 Å². The summed E-state index contributed by atoms with van der Waals surface area (Å²) < 4.78 is 5.31. The predicted octanol–water partition coefficient (Wildman–Crippen LogP) is 2.36. The van der Waals surface area contributed by atoms with E-state index in [0.29, 0.717) is 12.5 Å². The van der Waals surface area contributed by atoms with Crippen molar-refractivity contribution in [3.63, 3.8) is 0 Å². The minimum atomic E-state index is 0.585. The summed E-state index contributed by atoms with van der Waals surface area (Å²) in [5.41, 5.74) is 8.18. The van der Waals surface area contributed by atoms with Crippen LogP contribution in [0.15, 0.2) is 12.1 Å². The summed E-state index contributed by atoms with van der Waals surface area (Å²) in [5, 5.41) is 0. The number of methoxy groups -OCH3 is 1. The average molecular weight is 277 g/mol. The Hall–Kier alpha value is -1.13. The number of ether oxygens (including phenoxy) is 1. The molecule has 1 atom stereocenters. The SMILES string of the molecule is CCCc1cc(CN)cc(N2CCCC(COC)C2)n1. The van der Waals surface area contributed by atoms with Crippen molar-refractivity contribution in [2.24, 2.45) is 11.7 Å². The van der Waals surface area contributed by atoms with Crippen molar-refractivity contribution < 1.29 is 4.74 Å². The number of hydrogen-bond donors (Lipinski definition) is 1. The second-order valence-electron chi connectivity index (χ2n) is 5.69.